The molecule has 1 saturated heterocycles. The summed E-state index contributed by atoms with van der Waals surface area (Å²) < 4.78 is 0. The minimum atomic E-state index is -0.646. The lowest BCUT2D eigenvalue weighted by Gasteiger charge is -2.34. The monoisotopic (exact) mass is 276 g/mol. The molecular formula is C17H28N2O. The maximum Gasteiger partial charge on any atom is 0.0772 e. The maximum absolute atomic E-state index is 9.79. The average Bonchev–Trinajstić information content (AvgIpc) is 2.73. The highest BCUT2D eigenvalue weighted by Gasteiger charge is 2.30. The van der Waals surface area contributed by atoms with Gasteiger partial charge in [0.05, 0.1) is 12.1 Å². The van der Waals surface area contributed by atoms with Crippen LogP contribution in [0.15, 0.2) is 30.3 Å². The first kappa shape index (κ1) is 15.5. The Hall–Kier alpha value is -0.900. The molecule has 1 aromatic carbocycles. The summed E-state index contributed by atoms with van der Waals surface area (Å²) in [7, 11) is 0. The molecule has 0 spiro atoms. The third kappa shape index (κ3) is 3.81. The number of hydrogen-bond donors (Lipinski definition) is 2. The normalized spacial score (nSPS) is 24.1. The summed E-state index contributed by atoms with van der Waals surface area (Å²) in [4.78, 5) is 2.43. The van der Waals surface area contributed by atoms with E-state index in [1.54, 1.807) is 0 Å². The molecule has 112 valence electrons. The Morgan fingerprint density at radius 2 is 2.00 bits per heavy atom. The van der Waals surface area contributed by atoms with Gasteiger partial charge in [-0.3, -0.25) is 0 Å². The highest BCUT2D eigenvalue weighted by molar-refractivity contribution is 5.24. The van der Waals surface area contributed by atoms with E-state index in [2.05, 4.69) is 11.8 Å². The second kappa shape index (κ2) is 7.21. The number of hydrogen-bond acceptors (Lipinski definition) is 3. The van der Waals surface area contributed by atoms with Gasteiger partial charge in [-0.25, -0.2) is 0 Å². The molecule has 1 fully saturated rings. The van der Waals surface area contributed by atoms with Crippen LogP contribution >= 0.6 is 0 Å². The molecular weight excluding hydrogens is 248 g/mol. The Kier molecular flexibility index (Phi) is 5.58. The molecule has 3 nitrogen and oxygen atoms in total. The fourth-order valence-corrected chi connectivity index (χ4v) is 3.19. The van der Waals surface area contributed by atoms with E-state index in [1.807, 2.05) is 30.3 Å². The quantitative estimate of drug-likeness (QED) is 0.868. The third-order valence-electron chi connectivity index (χ3n) is 4.65. The minimum absolute atomic E-state index is 0.00921. The van der Waals surface area contributed by atoms with Crippen molar-refractivity contribution in [3.05, 3.63) is 35.9 Å². The molecule has 0 aromatic heterocycles. The standard InChI is InChI=1S/C17H28N2O/c1-2-15-7-6-11-19(12-10-15)13-17(18,14-20)16-8-4-3-5-9-16/h3-5,8-9,15,20H,2,6-7,10-14,18H2,1H3. The lowest BCUT2D eigenvalue weighted by atomic mass is 9.91. The number of aliphatic hydroxyl groups is 1. The molecule has 1 aliphatic heterocycles. The van der Waals surface area contributed by atoms with E-state index in [-0.39, 0.29) is 6.61 Å². The molecule has 2 unspecified atom stereocenters. The van der Waals surface area contributed by atoms with E-state index < -0.39 is 5.54 Å². The topological polar surface area (TPSA) is 49.5 Å². The first-order chi connectivity index (χ1) is 9.68. The summed E-state index contributed by atoms with van der Waals surface area (Å²) in [5.74, 6) is 0.859. The van der Waals surface area contributed by atoms with Crippen LogP contribution in [0.1, 0.15) is 38.2 Å². The van der Waals surface area contributed by atoms with Gasteiger partial charge in [-0.1, -0.05) is 43.7 Å². The van der Waals surface area contributed by atoms with E-state index in [0.29, 0.717) is 0 Å². The molecule has 0 radical (unpaired) electrons. The Bertz CT molecular complexity index is 395. The Morgan fingerprint density at radius 1 is 1.25 bits per heavy atom. The fourth-order valence-electron chi connectivity index (χ4n) is 3.19. The van der Waals surface area contributed by atoms with E-state index in [0.717, 1.165) is 31.1 Å². The molecule has 2 rings (SSSR count). The second-order valence-electron chi connectivity index (χ2n) is 6.16. The van der Waals surface area contributed by atoms with Crippen LogP contribution in [-0.4, -0.2) is 36.2 Å². The number of rotatable bonds is 5. The summed E-state index contributed by atoms with van der Waals surface area (Å²) in [6, 6.07) is 10.00. The zero-order chi connectivity index (χ0) is 14.4. The number of aliphatic hydroxyl groups excluding tert-OH is 1. The van der Waals surface area contributed by atoms with Crippen LogP contribution in [0.4, 0.5) is 0 Å². The Morgan fingerprint density at radius 3 is 2.65 bits per heavy atom. The van der Waals surface area contributed by atoms with E-state index in [9.17, 15) is 5.11 Å². The molecule has 0 aliphatic carbocycles. The molecule has 2 atom stereocenters. The van der Waals surface area contributed by atoms with Gasteiger partial charge in [-0.15, -0.1) is 0 Å². The van der Waals surface area contributed by atoms with Crippen LogP contribution < -0.4 is 5.73 Å². The SMILES string of the molecule is CCC1CCCN(CC(N)(CO)c2ccccc2)CC1. The third-order valence-corrected chi connectivity index (χ3v) is 4.65. The van der Waals surface area contributed by atoms with Crippen LogP contribution in [0, 0.1) is 5.92 Å². The highest BCUT2D eigenvalue weighted by atomic mass is 16.3. The number of likely N-dealkylation sites (tertiary alicyclic amines) is 1. The van der Waals surface area contributed by atoms with Crippen molar-refractivity contribution in [3.63, 3.8) is 0 Å². The summed E-state index contributed by atoms with van der Waals surface area (Å²) >= 11 is 0. The molecule has 20 heavy (non-hydrogen) atoms. The Balaban J connectivity index is 2.02. The summed E-state index contributed by atoms with van der Waals surface area (Å²) in [6.45, 7) is 5.21. The first-order valence-electron chi connectivity index (χ1n) is 7.85. The van der Waals surface area contributed by atoms with Crippen LogP contribution in [0.25, 0.3) is 0 Å². The first-order valence-corrected chi connectivity index (χ1v) is 7.85. The largest absolute Gasteiger partial charge is 0.394 e. The van der Waals surface area contributed by atoms with Gasteiger partial charge in [0.25, 0.3) is 0 Å². The maximum atomic E-state index is 9.79. The van der Waals surface area contributed by atoms with Crippen molar-refractivity contribution in [2.24, 2.45) is 11.7 Å². The molecule has 1 heterocycles. The van der Waals surface area contributed by atoms with Gasteiger partial charge in [0.1, 0.15) is 0 Å². The van der Waals surface area contributed by atoms with Crippen molar-refractivity contribution in [2.75, 3.05) is 26.2 Å². The molecule has 1 aliphatic rings. The summed E-state index contributed by atoms with van der Waals surface area (Å²) in [5.41, 5.74) is 6.86. The molecule has 0 bridgehead atoms. The second-order valence-corrected chi connectivity index (χ2v) is 6.16. The van der Waals surface area contributed by atoms with Crippen molar-refractivity contribution < 1.29 is 5.11 Å². The zero-order valence-corrected chi connectivity index (χ0v) is 12.6. The molecule has 1 aromatic rings. The number of nitrogens with zero attached hydrogens (tertiary/aromatic N) is 1. The van der Waals surface area contributed by atoms with Gasteiger partial charge in [0, 0.05) is 6.54 Å². The van der Waals surface area contributed by atoms with Gasteiger partial charge in [-0.2, -0.15) is 0 Å². The van der Waals surface area contributed by atoms with E-state index in [1.165, 1.54) is 25.7 Å². The molecule has 3 N–H and O–H groups in total. The highest BCUT2D eigenvalue weighted by Crippen LogP contribution is 2.24. The van der Waals surface area contributed by atoms with Crippen LogP contribution in [0.5, 0.6) is 0 Å². The average molecular weight is 276 g/mol. The summed E-state index contributed by atoms with van der Waals surface area (Å²) in [5, 5.41) is 9.79. The van der Waals surface area contributed by atoms with Crippen LogP contribution in [0.2, 0.25) is 0 Å². The molecule has 0 amide bonds. The minimum Gasteiger partial charge on any atom is -0.394 e. The van der Waals surface area contributed by atoms with Gasteiger partial charge >= 0.3 is 0 Å². The van der Waals surface area contributed by atoms with Crippen LogP contribution in [-0.2, 0) is 5.54 Å². The molecule has 0 saturated carbocycles. The van der Waals surface area contributed by atoms with Gasteiger partial charge in [0.2, 0.25) is 0 Å². The van der Waals surface area contributed by atoms with Gasteiger partial charge < -0.3 is 15.7 Å². The zero-order valence-electron chi connectivity index (χ0n) is 12.6. The summed E-state index contributed by atoms with van der Waals surface area (Å²) in [6.07, 6.45) is 5.11. The number of benzene rings is 1. The number of nitrogens with two attached hydrogens (primary N) is 1. The molecule has 3 heteroatoms. The van der Waals surface area contributed by atoms with E-state index in [4.69, 9.17) is 5.73 Å². The predicted molar refractivity (Wildman–Crippen MR) is 83.5 cm³/mol. The van der Waals surface area contributed by atoms with Gasteiger partial charge in [-0.05, 0) is 43.8 Å². The van der Waals surface area contributed by atoms with Crippen molar-refractivity contribution in [1.82, 2.24) is 4.90 Å². The van der Waals surface area contributed by atoms with Crippen LogP contribution in [0.3, 0.4) is 0 Å². The van der Waals surface area contributed by atoms with E-state index >= 15 is 0 Å². The lowest BCUT2D eigenvalue weighted by molar-refractivity contribution is 0.137. The van der Waals surface area contributed by atoms with Crippen molar-refractivity contribution in [1.29, 1.82) is 0 Å². The fraction of sp³-hybridized carbons (Fsp3) is 0.647. The van der Waals surface area contributed by atoms with Crippen molar-refractivity contribution in [2.45, 2.75) is 38.1 Å². The predicted octanol–water partition coefficient (Wildman–Crippen LogP) is 2.34. The van der Waals surface area contributed by atoms with Gasteiger partial charge in [0.15, 0.2) is 0 Å². The smallest absolute Gasteiger partial charge is 0.0772 e. The lowest BCUT2D eigenvalue weighted by Crippen LogP contribution is -2.50. The Labute approximate surface area is 122 Å². The van der Waals surface area contributed by atoms with Crippen molar-refractivity contribution in [3.8, 4) is 0 Å². The van der Waals surface area contributed by atoms with Crippen molar-refractivity contribution >= 4 is 0 Å².